The second kappa shape index (κ2) is 10.0. The fourth-order valence-corrected chi connectivity index (χ4v) is 10.5. The number of rotatable bonds is 8. The molecule has 0 spiro atoms. The summed E-state index contributed by atoms with van der Waals surface area (Å²) in [7, 11) is -6.42. The van der Waals surface area contributed by atoms with Crippen LogP contribution in [-0.2, 0) is 20.9 Å². The molecule has 0 aliphatic carbocycles. The van der Waals surface area contributed by atoms with Crippen molar-refractivity contribution in [1.82, 2.24) is 4.98 Å². The van der Waals surface area contributed by atoms with Crippen molar-refractivity contribution in [2.75, 3.05) is 6.26 Å². The van der Waals surface area contributed by atoms with Gasteiger partial charge in [-0.3, -0.25) is 4.79 Å². The van der Waals surface area contributed by atoms with Gasteiger partial charge in [0.25, 0.3) is 8.32 Å². The van der Waals surface area contributed by atoms with Crippen LogP contribution in [0.3, 0.4) is 0 Å². The lowest BCUT2D eigenvalue weighted by Crippen LogP contribution is -2.66. The Morgan fingerprint density at radius 3 is 1.92 bits per heavy atom. The lowest BCUT2D eigenvalue weighted by atomic mass is 10.1. The number of nitrogens with one attached hydrogen (secondary N) is 1. The Labute approximate surface area is 220 Å². The number of Topliss-reactive ketones (excluding diaryl/α,β-unsaturated/α-hetero) is 1. The van der Waals surface area contributed by atoms with Gasteiger partial charge >= 0.3 is 0 Å². The summed E-state index contributed by atoms with van der Waals surface area (Å²) < 4.78 is 32.8. The van der Waals surface area contributed by atoms with Gasteiger partial charge in [-0.2, -0.15) is 0 Å². The molecule has 0 fully saturated rings. The lowest BCUT2D eigenvalue weighted by molar-refractivity contribution is 0.0935. The van der Waals surface area contributed by atoms with Gasteiger partial charge < -0.3 is 9.41 Å². The molecule has 1 heterocycles. The number of sulfone groups is 1. The standard InChI is InChI=1S/C30H35NO4SSi/c1-21(2)29(32)27-18-22-17-23(28(36(6,33)34)19-26(22)31-27)20-35-37(30(3,4)5,24-13-9-7-10-14-24)25-15-11-8-12-16-25/h7-19,21,31H,20H2,1-6H3. The molecule has 0 atom stereocenters. The highest BCUT2D eigenvalue weighted by Crippen LogP contribution is 2.38. The van der Waals surface area contributed by atoms with Crippen molar-refractivity contribution in [1.29, 1.82) is 0 Å². The number of hydrogen-bond acceptors (Lipinski definition) is 4. The highest BCUT2D eigenvalue weighted by molar-refractivity contribution is 7.90. The van der Waals surface area contributed by atoms with E-state index in [1.54, 1.807) is 12.1 Å². The van der Waals surface area contributed by atoms with Crippen molar-refractivity contribution in [2.45, 2.75) is 51.2 Å². The minimum atomic E-state index is -3.55. The van der Waals surface area contributed by atoms with Gasteiger partial charge in [0.2, 0.25) is 0 Å². The molecule has 5 nitrogen and oxygen atoms in total. The Bertz CT molecular complexity index is 1480. The highest BCUT2D eigenvalue weighted by Gasteiger charge is 2.50. The number of aromatic amines is 1. The van der Waals surface area contributed by atoms with Gasteiger partial charge in [-0.1, -0.05) is 95.3 Å². The number of H-pyrrole nitrogens is 1. The minimum absolute atomic E-state index is 0.0118. The molecule has 0 bridgehead atoms. The van der Waals surface area contributed by atoms with Gasteiger partial charge in [-0.25, -0.2) is 8.42 Å². The molecule has 1 N–H and O–H groups in total. The van der Waals surface area contributed by atoms with Crippen LogP contribution in [0.4, 0.5) is 0 Å². The van der Waals surface area contributed by atoms with E-state index in [4.69, 9.17) is 4.43 Å². The average Bonchev–Trinajstić information content (AvgIpc) is 3.26. The number of fused-ring (bicyclic) bond motifs is 1. The predicted octanol–water partition coefficient (Wildman–Crippen LogP) is 5.49. The zero-order valence-electron chi connectivity index (χ0n) is 22.3. The third-order valence-corrected chi connectivity index (χ3v) is 13.0. The molecule has 4 rings (SSSR count). The van der Waals surface area contributed by atoms with Gasteiger partial charge in [0, 0.05) is 23.1 Å². The molecule has 0 radical (unpaired) electrons. The third kappa shape index (κ3) is 5.21. The van der Waals surface area contributed by atoms with Crippen LogP contribution in [0.1, 0.15) is 50.7 Å². The number of carbonyl (C=O) groups excluding carboxylic acids is 1. The maximum atomic E-state index is 12.9. The maximum Gasteiger partial charge on any atom is 0.261 e. The Morgan fingerprint density at radius 1 is 0.919 bits per heavy atom. The van der Waals surface area contributed by atoms with E-state index in [0.717, 1.165) is 15.8 Å². The van der Waals surface area contributed by atoms with Crippen molar-refractivity contribution in [3.63, 3.8) is 0 Å². The first-order valence-electron chi connectivity index (χ1n) is 12.5. The molecule has 1 aromatic heterocycles. The van der Waals surface area contributed by atoms with Crippen molar-refractivity contribution in [2.24, 2.45) is 5.92 Å². The zero-order chi connectivity index (χ0) is 27.0. The topological polar surface area (TPSA) is 76.2 Å². The highest BCUT2D eigenvalue weighted by atomic mass is 32.2. The van der Waals surface area contributed by atoms with E-state index in [9.17, 15) is 13.2 Å². The monoisotopic (exact) mass is 533 g/mol. The molecule has 3 aromatic carbocycles. The van der Waals surface area contributed by atoms with Crippen LogP contribution in [0.2, 0.25) is 5.04 Å². The van der Waals surface area contributed by atoms with Crippen LogP contribution in [0.15, 0.2) is 83.8 Å². The summed E-state index contributed by atoms with van der Waals surface area (Å²) >= 11 is 0. The number of aromatic nitrogens is 1. The molecule has 0 saturated heterocycles. The zero-order valence-corrected chi connectivity index (χ0v) is 24.1. The van der Waals surface area contributed by atoms with Crippen LogP contribution < -0.4 is 10.4 Å². The summed E-state index contributed by atoms with van der Waals surface area (Å²) in [5.41, 5.74) is 1.69. The minimum Gasteiger partial charge on any atom is -0.403 e. The molecule has 0 aliphatic heterocycles. The second-order valence-electron chi connectivity index (χ2n) is 11.0. The molecule has 0 aliphatic rings. The molecule has 194 valence electrons. The van der Waals surface area contributed by atoms with E-state index in [2.05, 4.69) is 50.0 Å². The summed E-state index contributed by atoms with van der Waals surface area (Å²) in [5, 5.41) is 2.80. The third-order valence-electron chi connectivity index (χ3n) is 6.85. The summed E-state index contributed by atoms with van der Waals surface area (Å²) in [6, 6.07) is 25.8. The lowest BCUT2D eigenvalue weighted by Gasteiger charge is -2.43. The van der Waals surface area contributed by atoms with Crippen molar-refractivity contribution < 1.29 is 17.6 Å². The van der Waals surface area contributed by atoms with Crippen molar-refractivity contribution in [3.8, 4) is 0 Å². The van der Waals surface area contributed by atoms with Crippen LogP contribution in [0.25, 0.3) is 10.9 Å². The van der Waals surface area contributed by atoms with E-state index in [-0.39, 0.29) is 28.2 Å². The van der Waals surface area contributed by atoms with Gasteiger partial charge in [0.1, 0.15) is 0 Å². The molecule has 0 saturated carbocycles. The number of ketones is 1. The quantitative estimate of drug-likeness (QED) is 0.240. The van der Waals surface area contributed by atoms with Crippen LogP contribution in [-0.4, -0.2) is 33.8 Å². The van der Waals surface area contributed by atoms with Gasteiger partial charge in [-0.05, 0) is 39.2 Å². The van der Waals surface area contributed by atoms with E-state index < -0.39 is 18.2 Å². The fraction of sp³-hybridized carbons (Fsp3) is 0.300. The van der Waals surface area contributed by atoms with Crippen molar-refractivity contribution in [3.05, 3.63) is 90.1 Å². The maximum absolute atomic E-state index is 12.9. The second-order valence-corrected chi connectivity index (χ2v) is 17.3. The molecule has 0 unspecified atom stereocenters. The Morgan fingerprint density at radius 2 is 1.46 bits per heavy atom. The molecule has 4 aromatic rings. The smallest absolute Gasteiger partial charge is 0.261 e. The summed E-state index contributed by atoms with van der Waals surface area (Å²) in [6.45, 7) is 10.4. The molecular formula is C30H35NO4SSi. The Balaban J connectivity index is 1.88. The largest absolute Gasteiger partial charge is 0.403 e. The summed E-state index contributed by atoms with van der Waals surface area (Å²) in [5.74, 6) is -0.178. The van der Waals surface area contributed by atoms with E-state index in [1.807, 2.05) is 56.3 Å². The summed E-state index contributed by atoms with van der Waals surface area (Å²) in [6.07, 6.45) is 1.21. The first kappa shape index (κ1) is 27.0. The van der Waals surface area contributed by atoms with Gasteiger partial charge in [-0.15, -0.1) is 0 Å². The van der Waals surface area contributed by atoms with Crippen LogP contribution in [0, 0.1) is 5.92 Å². The average molecular weight is 534 g/mol. The van der Waals surface area contributed by atoms with Crippen molar-refractivity contribution >= 4 is 45.2 Å². The van der Waals surface area contributed by atoms with E-state index >= 15 is 0 Å². The molecule has 7 heteroatoms. The normalized spacial score (nSPS) is 12.8. The Hall–Kier alpha value is -3.00. The number of carbonyl (C=O) groups is 1. The van der Waals surface area contributed by atoms with Crippen LogP contribution in [0.5, 0.6) is 0 Å². The van der Waals surface area contributed by atoms with E-state index in [1.165, 1.54) is 6.26 Å². The first-order chi connectivity index (χ1) is 17.3. The number of benzene rings is 3. The van der Waals surface area contributed by atoms with Gasteiger partial charge in [0.05, 0.1) is 17.2 Å². The molecule has 0 amide bonds. The number of hydrogen-bond donors (Lipinski definition) is 1. The Kier molecular flexibility index (Phi) is 7.34. The molecule has 37 heavy (non-hydrogen) atoms. The van der Waals surface area contributed by atoms with Gasteiger partial charge in [0.15, 0.2) is 15.6 Å². The SMILES string of the molecule is CC(C)C(=O)c1cc2cc(CO[Si](c3ccccc3)(c3ccccc3)C(C)(C)C)c(S(C)(=O)=O)cc2[nH]1. The van der Waals surface area contributed by atoms with E-state index in [0.29, 0.717) is 16.8 Å². The summed E-state index contributed by atoms with van der Waals surface area (Å²) in [4.78, 5) is 15.9. The molecular weight excluding hydrogens is 498 g/mol. The first-order valence-corrected chi connectivity index (χ1v) is 16.3. The van der Waals surface area contributed by atoms with Crippen LogP contribution >= 0.6 is 0 Å². The predicted molar refractivity (Wildman–Crippen MR) is 153 cm³/mol. The fourth-order valence-electron chi connectivity index (χ4n) is 5.06.